The first-order chi connectivity index (χ1) is 8.47. The minimum absolute atomic E-state index is 0.475. The molecule has 2 aromatic rings. The summed E-state index contributed by atoms with van der Waals surface area (Å²) in [6, 6.07) is 5.50. The number of hydrogen-bond acceptors (Lipinski definition) is 3. The summed E-state index contributed by atoms with van der Waals surface area (Å²) < 4.78 is 1.65. The van der Waals surface area contributed by atoms with Gasteiger partial charge in [-0.25, -0.2) is 4.98 Å². The van der Waals surface area contributed by atoms with E-state index < -0.39 is 0 Å². The minimum atomic E-state index is 0.475. The fourth-order valence-electron chi connectivity index (χ4n) is 1.40. The number of thioether (sulfide) groups is 1. The molecule has 6 heteroatoms. The fourth-order valence-corrected chi connectivity index (χ4v) is 4.41. The monoisotopic (exact) mass is 337 g/mol. The molecule has 1 heterocycles. The summed E-state index contributed by atoms with van der Waals surface area (Å²) in [7, 11) is 0. The van der Waals surface area contributed by atoms with Crippen LogP contribution in [0, 0.1) is 0 Å². The second-order valence-corrected chi connectivity index (χ2v) is 8.14. The van der Waals surface area contributed by atoms with Crippen LogP contribution in [-0.2, 0) is 0 Å². The van der Waals surface area contributed by atoms with Crippen LogP contribution in [0.15, 0.2) is 22.4 Å². The van der Waals surface area contributed by atoms with Crippen LogP contribution in [-0.4, -0.2) is 10.2 Å². The molecular weight excluding hydrogens is 329 g/mol. The van der Waals surface area contributed by atoms with Crippen molar-refractivity contribution in [3.8, 4) is 11.3 Å². The van der Waals surface area contributed by atoms with Crippen LogP contribution < -0.4 is 0 Å². The van der Waals surface area contributed by atoms with E-state index in [-0.39, 0.29) is 0 Å². The standard InChI is InChI=1S/C12H10Cl3NS2/c1-6(2)17-11-10(16-12(15)18-11)7-3-4-8(13)9(14)5-7/h3-6H,1-2H3. The van der Waals surface area contributed by atoms with E-state index in [2.05, 4.69) is 18.8 Å². The molecule has 1 aromatic carbocycles. The van der Waals surface area contributed by atoms with E-state index in [1.807, 2.05) is 12.1 Å². The Kier molecular flexibility index (Phi) is 4.84. The second-order valence-electron chi connectivity index (χ2n) is 3.90. The number of hydrogen-bond donors (Lipinski definition) is 0. The van der Waals surface area contributed by atoms with Crippen molar-refractivity contribution in [1.82, 2.24) is 4.98 Å². The van der Waals surface area contributed by atoms with Crippen molar-refractivity contribution >= 4 is 57.9 Å². The molecule has 0 N–H and O–H groups in total. The lowest BCUT2D eigenvalue weighted by atomic mass is 10.2. The van der Waals surface area contributed by atoms with Crippen molar-refractivity contribution in [2.24, 2.45) is 0 Å². The average Bonchev–Trinajstić information content (AvgIpc) is 2.62. The van der Waals surface area contributed by atoms with Crippen LogP contribution in [0.1, 0.15) is 13.8 Å². The van der Waals surface area contributed by atoms with Gasteiger partial charge in [-0.2, -0.15) is 0 Å². The molecular formula is C12H10Cl3NS2. The zero-order chi connectivity index (χ0) is 13.3. The first kappa shape index (κ1) is 14.5. The van der Waals surface area contributed by atoms with Crippen molar-refractivity contribution in [1.29, 1.82) is 0 Å². The molecule has 0 fully saturated rings. The molecule has 0 atom stereocenters. The topological polar surface area (TPSA) is 12.9 Å². The highest BCUT2D eigenvalue weighted by atomic mass is 35.5. The van der Waals surface area contributed by atoms with Gasteiger partial charge in [0.15, 0.2) is 4.47 Å². The third-order valence-corrected chi connectivity index (χ3v) is 5.22. The quantitative estimate of drug-likeness (QED) is 0.612. The molecule has 0 saturated carbocycles. The largest absolute Gasteiger partial charge is 0.224 e. The molecule has 0 aliphatic carbocycles. The lowest BCUT2D eigenvalue weighted by molar-refractivity contribution is 1.11. The SMILES string of the molecule is CC(C)Sc1sc(Cl)nc1-c1ccc(Cl)c(Cl)c1. The maximum Gasteiger partial charge on any atom is 0.185 e. The third-order valence-electron chi connectivity index (χ3n) is 2.11. The van der Waals surface area contributed by atoms with Crippen molar-refractivity contribution in [3.63, 3.8) is 0 Å². The van der Waals surface area contributed by atoms with Gasteiger partial charge in [-0.15, -0.1) is 11.8 Å². The van der Waals surface area contributed by atoms with E-state index >= 15 is 0 Å². The lowest BCUT2D eigenvalue weighted by Gasteiger charge is -2.05. The minimum Gasteiger partial charge on any atom is -0.224 e. The molecule has 1 aromatic heterocycles. The van der Waals surface area contributed by atoms with Gasteiger partial charge in [0.25, 0.3) is 0 Å². The molecule has 0 saturated heterocycles. The summed E-state index contributed by atoms with van der Waals surface area (Å²) >= 11 is 21.2. The predicted octanol–water partition coefficient (Wildman–Crippen LogP) is 6.27. The summed E-state index contributed by atoms with van der Waals surface area (Å²) in [6.45, 7) is 4.27. The van der Waals surface area contributed by atoms with Gasteiger partial charge in [-0.1, -0.05) is 66.1 Å². The lowest BCUT2D eigenvalue weighted by Crippen LogP contribution is -1.86. The first-order valence-electron chi connectivity index (χ1n) is 5.25. The molecule has 0 amide bonds. The fraction of sp³-hybridized carbons (Fsp3) is 0.250. The summed E-state index contributed by atoms with van der Waals surface area (Å²) in [4.78, 5) is 4.37. The van der Waals surface area contributed by atoms with Crippen molar-refractivity contribution < 1.29 is 0 Å². The number of nitrogens with zero attached hydrogens (tertiary/aromatic N) is 1. The first-order valence-corrected chi connectivity index (χ1v) is 8.09. The number of thiazole rings is 1. The zero-order valence-electron chi connectivity index (χ0n) is 9.71. The van der Waals surface area contributed by atoms with Crippen LogP contribution >= 0.6 is 57.9 Å². The summed E-state index contributed by atoms with van der Waals surface area (Å²) in [5.41, 5.74) is 1.82. The Bertz CT molecular complexity index is 566. The Morgan fingerprint density at radius 3 is 2.50 bits per heavy atom. The molecule has 1 nitrogen and oxygen atoms in total. The van der Waals surface area contributed by atoms with Gasteiger partial charge in [-0.3, -0.25) is 0 Å². The summed E-state index contributed by atoms with van der Waals surface area (Å²) in [5, 5.41) is 1.54. The van der Waals surface area contributed by atoms with Crippen LogP contribution in [0.2, 0.25) is 14.5 Å². The van der Waals surface area contributed by atoms with E-state index in [1.165, 1.54) is 11.3 Å². The smallest absolute Gasteiger partial charge is 0.185 e. The number of rotatable bonds is 3. The van der Waals surface area contributed by atoms with Gasteiger partial charge in [0, 0.05) is 10.8 Å². The normalized spacial score (nSPS) is 11.2. The molecule has 0 spiro atoms. The Balaban J connectivity index is 2.45. The van der Waals surface area contributed by atoms with E-state index in [1.54, 1.807) is 17.8 Å². The summed E-state index contributed by atoms with van der Waals surface area (Å²) in [5.74, 6) is 0. The Hall–Kier alpha value is 0.0700. The molecule has 0 aliphatic rings. The van der Waals surface area contributed by atoms with Gasteiger partial charge in [0.1, 0.15) is 0 Å². The predicted molar refractivity (Wildman–Crippen MR) is 83.6 cm³/mol. The maximum atomic E-state index is 6.03. The third kappa shape index (κ3) is 3.34. The highest BCUT2D eigenvalue weighted by Crippen LogP contribution is 2.41. The number of halogens is 3. The molecule has 0 unspecified atom stereocenters. The van der Waals surface area contributed by atoms with Crippen molar-refractivity contribution in [2.45, 2.75) is 23.3 Å². The van der Waals surface area contributed by atoms with Crippen LogP contribution in [0.5, 0.6) is 0 Å². The Morgan fingerprint density at radius 1 is 1.17 bits per heavy atom. The molecule has 18 heavy (non-hydrogen) atoms. The number of aromatic nitrogens is 1. The molecule has 0 bridgehead atoms. The van der Waals surface area contributed by atoms with Gasteiger partial charge >= 0.3 is 0 Å². The Morgan fingerprint density at radius 2 is 1.89 bits per heavy atom. The van der Waals surface area contributed by atoms with E-state index in [4.69, 9.17) is 34.8 Å². The van der Waals surface area contributed by atoms with Crippen molar-refractivity contribution in [3.05, 3.63) is 32.7 Å². The van der Waals surface area contributed by atoms with Crippen LogP contribution in [0.3, 0.4) is 0 Å². The van der Waals surface area contributed by atoms with Gasteiger partial charge in [-0.05, 0) is 12.1 Å². The molecule has 96 valence electrons. The van der Waals surface area contributed by atoms with E-state index in [9.17, 15) is 0 Å². The second kappa shape index (κ2) is 6.02. The van der Waals surface area contributed by atoms with E-state index in [0.29, 0.717) is 19.8 Å². The highest BCUT2D eigenvalue weighted by Gasteiger charge is 2.15. The van der Waals surface area contributed by atoms with Gasteiger partial charge in [0.05, 0.1) is 19.9 Å². The highest BCUT2D eigenvalue weighted by molar-refractivity contribution is 8.01. The van der Waals surface area contributed by atoms with Gasteiger partial charge in [0.2, 0.25) is 0 Å². The maximum absolute atomic E-state index is 6.03. The molecule has 0 radical (unpaired) electrons. The number of benzene rings is 1. The molecule has 0 aliphatic heterocycles. The average molecular weight is 339 g/mol. The summed E-state index contributed by atoms with van der Waals surface area (Å²) in [6.07, 6.45) is 0. The van der Waals surface area contributed by atoms with E-state index in [0.717, 1.165) is 15.5 Å². The zero-order valence-corrected chi connectivity index (χ0v) is 13.6. The van der Waals surface area contributed by atoms with Crippen LogP contribution in [0.25, 0.3) is 11.3 Å². The Labute approximate surface area is 129 Å². The van der Waals surface area contributed by atoms with Crippen molar-refractivity contribution in [2.75, 3.05) is 0 Å². The van der Waals surface area contributed by atoms with Crippen LogP contribution in [0.4, 0.5) is 0 Å². The molecule has 2 rings (SSSR count). The van der Waals surface area contributed by atoms with Gasteiger partial charge < -0.3 is 0 Å².